The zero-order chi connectivity index (χ0) is 13.1. The third-order valence-corrected chi connectivity index (χ3v) is 3.77. The normalized spacial score (nSPS) is 26.4. The quantitative estimate of drug-likeness (QED) is 0.886. The largest absolute Gasteiger partial charge is 0.508 e. The molecule has 1 aromatic rings. The number of nitrogens with zero attached hydrogens (tertiary/aromatic N) is 1. The highest BCUT2D eigenvalue weighted by Gasteiger charge is 2.35. The minimum Gasteiger partial charge on any atom is -0.508 e. The molecule has 3 unspecified atom stereocenters. The second-order valence-electron chi connectivity index (χ2n) is 4.77. The first-order valence-electron chi connectivity index (χ1n) is 6.24. The molecule has 1 N–H and O–H groups in total. The fraction of sp³-hybridized carbons (Fsp3) is 0.571. The van der Waals surface area contributed by atoms with Crippen LogP contribution in [0.1, 0.15) is 18.5 Å². The number of likely N-dealkylation sites (tertiary alicyclic amines) is 1. The predicted molar refractivity (Wildman–Crippen MR) is 69.7 cm³/mol. The lowest BCUT2D eigenvalue weighted by Gasteiger charge is -2.24. The predicted octanol–water partition coefficient (Wildman–Crippen LogP) is 1.80. The summed E-state index contributed by atoms with van der Waals surface area (Å²) < 4.78 is 10.9. The van der Waals surface area contributed by atoms with E-state index in [1.807, 2.05) is 12.1 Å². The highest BCUT2D eigenvalue weighted by molar-refractivity contribution is 5.28. The van der Waals surface area contributed by atoms with E-state index in [0.29, 0.717) is 11.8 Å². The summed E-state index contributed by atoms with van der Waals surface area (Å²) in [5, 5.41) is 9.31. The number of hydrogen-bond donors (Lipinski definition) is 1. The van der Waals surface area contributed by atoms with Crippen LogP contribution >= 0.6 is 0 Å². The van der Waals surface area contributed by atoms with Gasteiger partial charge in [0, 0.05) is 33.4 Å². The monoisotopic (exact) mass is 251 g/mol. The van der Waals surface area contributed by atoms with Crippen LogP contribution < -0.4 is 0 Å². The number of methoxy groups -OCH3 is 2. The van der Waals surface area contributed by atoms with Crippen LogP contribution in [0.15, 0.2) is 24.3 Å². The van der Waals surface area contributed by atoms with E-state index in [1.165, 1.54) is 5.56 Å². The molecule has 1 saturated heterocycles. The first-order valence-corrected chi connectivity index (χ1v) is 6.24. The summed E-state index contributed by atoms with van der Waals surface area (Å²) in [6.45, 7) is 3.91. The topological polar surface area (TPSA) is 41.9 Å². The van der Waals surface area contributed by atoms with Gasteiger partial charge in [-0.05, 0) is 24.6 Å². The van der Waals surface area contributed by atoms with E-state index in [0.717, 1.165) is 13.1 Å². The smallest absolute Gasteiger partial charge is 0.115 e. The lowest BCUT2D eigenvalue weighted by molar-refractivity contribution is -0.00461. The van der Waals surface area contributed by atoms with Gasteiger partial charge in [0.05, 0.1) is 12.2 Å². The molecule has 1 aliphatic rings. The molecule has 0 saturated carbocycles. The van der Waals surface area contributed by atoms with E-state index >= 15 is 0 Å². The minimum absolute atomic E-state index is 0.134. The van der Waals surface area contributed by atoms with Crippen LogP contribution in [0.3, 0.4) is 0 Å². The van der Waals surface area contributed by atoms with Gasteiger partial charge in [0.1, 0.15) is 5.75 Å². The zero-order valence-corrected chi connectivity index (χ0v) is 11.2. The maximum atomic E-state index is 9.31. The summed E-state index contributed by atoms with van der Waals surface area (Å²) in [5.41, 5.74) is 1.19. The lowest BCUT2D eigenvalue weighted by Crippen LogP contribution is -2.27. The fourth-order valence-electron chi connectivity index (χ4n) is 2.50. The van der Waals surface area contributed by atoms with Crippen molar-refractivity contribution in [1.82, 2.24) is 4.90 Å². The summed E-state index contributed by atoms with van der Waals surface area (Å²) in [4.78, 5) is 2.34. The molecule has 2 rings (SSSR count). The third kappa shape index (κ3) is 2.66. The van der Waals surface area contributed by atoms with Gasteiger partial charge in [-0.2, -0.15) is 0 Å². The van der Waals surface area contributed by atoms with E-state index in [4.69, 9.17) is 9.47 Å². The van der Waals surface area contributed by atoms with Gasteiger partial charge in [-0.3, -0.25) is 4.90 Å². The molecule has 0 bridgehead atoms. The summed E-state index contributed by atoms with van der Waals surface area (Å²) >= 11 is 0. The second-order valence-corrected chi connectivity index (χ2v) is 4.77. The number of phenols is 1. The van der Waals surface area contributed by atoms with Crippen LogP contribution in [0.25, 0.3) is 0 Å². The van der Waals surface area contributed by atoms with Crippen LogP contribution in [-0.2, 0) is 9.47 Å². The van der Waals surface area contributed by atoms with Gasteiger partial charge in [-0.25, -0.2) is 0 Å². The number of rotatable bonds is 4. The van der Waals surface area contributed by atoms with Crippen molar-refractivity contribution in [2.45, 2.75) is 25.2 Å². The Hall–Kier alpha value is -1.10. The summed E-state index contributed by atoms with van der Waals surface area (Å²) in [5.74, 6) is 0.303. The Bertz CT molecular complexity index is 367. The van der Waals surface area contributed by atoms with Crippen molar-refractivity contribution >= 4 is 0 Å². The fourth-order valence-corrected chi connectivity index (χ4v) is 2.50. The Kier molecular flexibility index (Phi) is 4.22. The van der Waals surface area contributed by atoms with Gasteiger partial charge in [0.2, 0.25) is 0 Å². The van der Waals surface area contributed by atoms with Gasteiger partial charge in [0.15, 0.2) is 0 Å². The van der Waals surface area contributed by atoms with Crippen LogP contribution in [0.5, 0.6) is 5.75 Å². The first kappa shape index (κ1) is 13.3. The standard InChI is InChI=1S/C14H21NO3/c1-10(11-4-6-12(16)7-5-11)15-8-13(17-2)14(9-15)18-3/h4-7,10,13-14,16H,8-9H2,1-3H3. The third-order valence-electron chi connectivity index (χ3n) is 3.77. The average Bonchev–Trinajstić information content (AvgIpc) is 2.82. The molecular formula is C14H21NO3. The summed E-state index contributed by atoms with van der Waals surface area (Å²) in [7, 11) is 3.46. The molecular weight excluding hydrogens is 230 g/mol. The first-order chi connectivity index (χ1) is 8.65. The maximum absolute atomic E-state index is 9.31. The Labute approximate surface area is 108 Å². The molecule has 100 valence electrons. The van der Waals surface area contributed by atoms with Gasteiger partial charge < -0.3 is 14.6 Å². The average molecular weight is 251 g/mol. The SMILES string of the molecule is COC1CN(C(C)c2ccc(O)cc2)CC1OC. The molecule has 1 aromatic carbocycles. The van der Waals surface area contributed by atoms with E-state index in [9.17, 15) is 5.11 Å². The molecule has 18 heavy (non-hydrogen) atoms. The second kappa shape index (κ2) is 5.69. The molecule has 4 heteroatoms. The Balaban J connectivity index is 2.06. The molecule has 1 heterocycles. The van der Waals surface area contributed by atoms with Crippen molar-refractivity contribution in [1.29, 1.82) is 0 Å². The van der Waals surface area contributed by atoms with Gasteiger partial charge in [-0.15, -0.1) is 0 Å². The molecule has 0 radical (unpaired) electrons. The van der Waals surface area contributed by atoms with Crippen molar-refractivity contribution in [3.05, 3.63) is 29.8 Å². The van der Waals surface area contributed by atoms with Gasteiger partial charge >= 0.3 is 0 Å². The van der Waals surface area contributed by atoms with E-state index in [2.05, 4.69) is 11.8 Å². The molecule has 0 aliphatic carbocycles. The van der Waals surface area contributed by atoms with Crippen LogP contribution in [0, 0.1) is 0 Å². The van der Waals surface area contributed by atoms with Crippen molar-refractivity contribution in [3.8, 4) is 5.75 Å². The molecule has 0 spiro atoms. The summed E-state index contributed by atoms with van der Waals surface area (Å²) in [6.07, 6.45) is 0.268. The molecule has 1 fully saturated rings. The molecule has 4 nitrogen and oxygen atoms in total. The number of ether oxygens (including phenoxy) is 2. The van der Waals surface area contributed by atoms with Crippen LogP contribution in [0.4, 0.5) is 0 Å². The number of benzene rings is 1. The van der Waals surface area contributed by atoms with Crippen LogP contribution in [-0.4, -0.2) is 49.5 Å². The molecule has 3 atom stereocenters. The highest BCUT2D eigenvalue weighted by Crippen LogP contribution is 2.27. The van der Waals surface area contributed by atoms with Crippen molar-refractivity contribution < 1.29 is 14.6 Å². The number of aromatic hydroxyl groups is 1. The van der Waals surface area contributed by atoms with E-state index in [1.54, 1.807) is 26.4 Å². The Morgan fingerprint density at radius 3 is 2.06 bits per heavy atom. The van der Waals surface area contributed by atoms with Crippen LogP contribution in [0.2, 0.25) is 0 Å². The highest BCUT2D eigenvalue weighted by atomic mass is 16.5. The lowest BCUT2D eigenvalue weighted by atomic mass is 10.1. The molecule has 1 aliphatic heterocycles. The Morgan fingerprint density at radius 1 is 1.11 bits per heavy atom. The number of phenolic OH excluding ortho intramolecular Hbond substituents is 1. The Morgan fingerprint density at radius 2 is 1.61 bits per heavy atom. The number of hydrogen-bond acceptors (Lipinski definition) is 4. The maximum Gasteiger partial charge on any atom is 0.115 e. The van der Waals surface area contributed by atoms with E-state index < -0.39 is 0 Å². The van der Waals surface area contributed by atoms with E-state index in [-0.39, 0.29) is 12.2 Å². The van der Waals surface area contributed by atoms with Crippen molar-refractivity contribution in [3.63, 3.8) is 0 Å². The molecule has 0 aromatic heterocycles. The van der Waals surface area contributed by atoms with Gasteiger partial charge in [-0.1, -0.05) is 12.1 Å². The van der Waals surface area contributed by atoms with Crippen molar-refractivity contribution in [2.24, 2.45) is 0 Å². The zero-order valence-electron chi connectivity index (χ0n) is 11.2. The minimum atomic E-state index is 0.134. The molecule has 0 amide bonds. The van der Waals surface area contributed by atoms with Crippen molar-refractivity contribution in [2.75, 3.05) is 27.3 Å². The summed E-state index contributed by atoms with van der Waals surface area (Å²) in [6, 6.07) is 7.67. The van der Waals surface area contributed by atoms with Gasteiger partial charge in [0.25, 0.3) is 0 Å².